The van der Waals surface area contributed by atoms with Crippen LogP contribution in [0.1, 0.15) is 12.5 Å². The maximum absolute atomic E-state index is 12.1. The number of rotatable bonds is 4. The largest absolute Gasteiger partial charge is 0.479 e. The monoisotopic (exact) mass is 260 g/mol. The molecule has 0 atom stereocenters. The first-order chi connectivity index (χ1) is 9.11. The summed E-state index contributed by atoms with van der Waals surface area (Å²) in [5.41, 5.74) is 1.81. The number of anilines is 1. The van der Waals surface area contributed by atoms with Crippen LogP contribution in [0.5, 0.6) is 0 Å². The van der Waals surface area contributed by atoms with Gasteiger partial charge < -0.3 is 15.4 Å². The Kier molecular flexibility index (Phi) is 3.85. The predicted molar refractivity (Wildman–Crippen MR) is 71.5 cm³/mol. The Bertz CT molecular complexity index is 532. The van der Waals surface area contributed by atoms with Crippen molar-refractivity contribution in [3.63, 3.8) is 0 Å². The van der Waals surface area contributed by atoms with E-state index in [0.29, 0.717) is 12.3 Å². The summed E-state index contributed by atoms with van der Waals surface area (Å²) in [7, 11) is 0. The Morgan fingerprint density at radius 2 is 2.05 bits per heavy atom. The van der Waals surface area contributed by atoms with E-state index in [4.69, 9.17) is 4.74 Å². The van der Waals surface area contributed by atoms with E-state index in [0.717, 1.165) is 5.56 Å². The molecule has 0 spiro atoms. The standard InChI is InChI=1S/C14H16N2O3/c1-3-19-14-12(11(17)8-15-14)13(18)16-10-6-4-9(2)5-7-10/h4-7,15H,3,8H2,1-2H3,(H,16,18). The highest BCUT2D eigenvalue weighted by Crippen LogP contribution is 2.15. The van der Waals surface area contributed by atoms with Crippen LogP contribution in [-0.2, 0) is 14.3 Å². The summed E-state index contributed by atoms with van der Waals surface area (Å²) in [5, 5.41) is 5.47. The highest BCUT2D eigenvalue weighted by molar-refractivity contribution is 6.25. The van der Waals surface area contributed by atoms with Gasteiger partial charge in [-0.1, -0.05) is 17.7 Å². The van der Waals surface area contributed by atoms with E-state index in [-0.39, 0.29) is 23.8 Å². The normalized spacial score (nSPS) is 14.3. The van der Waals surface area contributed by atoms with Crippen molar-refractivity contribution < 1.29 is 14.3 Å². The summed E-state index contributed by atoms with van der Waals surface area (Å²) in [6.07, 6.45) is 0. The van der Waals surface area contributed by atoms with Gasteiger partial charge in [0.05, 0.1) is 13.2 Å². The van der Waals surface area contributed by atoms with Crippen molar-refractivity contribution in [1.29, 1.82) is 0 Å². The number of carbonyl (C=O) groups excluding carboxylic acids is 2. The van der Waals surface area contributed by atoms with Gasteiger partial charge in [0.1, 0.15) is 5.57 Å². The zero-order chi connectivity index (χ0) is 13.8. The number of ether oxygens (including phenoxy) is 1. The summed E-state index contributed by atoms with van der Waals surface area (Å²) in [5.74, 6) is -0.438. The maximum atomic E-state index is 12.1. The molecular weight excluding hydrogens is 244 g/mol. The Morgan fingerprint density at radius 3 is 2.68 bits per heavy atom. The lowest BCUT2D eigenvalue weighted by Gasteiger charge is -2.08. The fourth-order valence-electron chi connectivity index (χ4n) is 1.79. The maximum Gasteiger partial charge on any atom is 0.264 e. The molecule has 0 saturated heterocycles. The van der Waals surface area contributed by atoms with Crippen molar-refractivity contribution >= 4 is 17.4 Å². The summed E-state index contributed by atoms with van der Waals surface area (Å²) in [4.78, 5) is 23.8. The highest BCUT2D eigenvalue weighted by atomic mass is 16.5. The number of aryl methyl sites for hydroxylation is 1. The summed E-state index contributed by atoms with van der Waals surface area (Å²) in [6, 6.07) is 7.37. The van der Waals surface area contributed by atoms with Crippen molar-refractivity contribution in [3.8, 4) is 0 Å². The van der Waals surface area contributed by atoms with Crippen molar-refractivity contribution in [3.05, 3.63) is 41.3 Å². The molecule has 5 nitrogen and oxygen atoms in total. The van der Waals surface area contributed by atoms with Crippen LogP contribution < -0.4 is 10.6 Å². The third-order valence-electron chi connectivity index (χ3n) is 2.74. The topological polar surface area (TPSA) is 67.4 Å². The minimum atomic E-state index is -0.442. The molecular formula is C14H16N2O3. The molecule has 1 amide bonds. The number of Topliss-reactive ketones (excluding diaryl/α,β-unsaturated/α-hetero) is 1. The molecule has 2 rings (SSSR count). The van der Waals surface area contributed by atoms with Gasteiger partial charge in [0.15, 0.2) is 5.78 Å². The third-order valence-corrected chi connectivity index (χ3v) is 2.74. The second-order valence-corrected chi connectivity index (χ2v) is 4.23. The molecule has 0 aromatic heterocycles. The molecule has 0 bridgehead atoms. The zero-order valence-corrected chi connectivity index (χ0v) is 10.9. The van der Waals surface area contributed by atoms with Gasteiger partial charge in [-0.15, -0.1) is 0 Å². The molecule has 0 saturated carbocycles. The second-order valence-electron chi connectivity index (χ2n) is 4.23. The number of carbonyl (C=O) groups is 2. The smallest absolute Gasteiger partial charge is 0.264 e. The molecule has 5 heteroatoms. The Morgan fingerprint density at radius 1 is 1.37 bits per heavy atom. The van der Waals surface area contributed by atoms with Crippen LogP contribution in [0.25, 0.3) is 0 Å². The molecule has 0 unspecified atom stereocenters. The number of benzene rings is 1. The van der Waals surface area contributed by atoms with Crippen molar-refractivity contribution in [2.24, 2.45) is 0 Å². The molecule has 0 fully saturated rings. The van der Waals surface area contributed by atoms with Gasteiger partial charge in [0.2, 0.25) is 5.88 Å². The third kappa shape index (κ3) is 2.93. The van der Waals surface area contributed by atoms with E-state index in [9.17, 15) is 9.59 Å². The van der Waals surface area contributed by atoms with Crippen LogP contribution in [-0.4, -0.2) is 24.8 Å². The van der Waals surface area contributed by atoms with Gasteiger partial charge >= 0.3 is 0 Å². The molecule has 2 N–H and O–H groups in total. The van der Waals surface area contributed by atoms with E-state index >= 15 is 0 Å². The van der Waals surface area contributed by atoms with Crippen LogP contribution in [0.15, 0.2) is 35.7 Å². The fraction of sp³-hybridized carbons (Fsp3) is 0.286. The van der Waals surface area contributed by atoms with Gasteiger partial charge in [-0.25, -0.2) is 0 Å². The van der Waals surface area contributed by atoms with Crippen molar-refractivity contribution in [2.75, 3.05) is 18.5 Å². The first-order valence-corrected chi connectivity index (χ1v) is 6.14. The Hall–Kier alpha value is -2.30. The van der Waals surface area contributed by atoms with Crippen LogP contribution in [0.3, 0.4) is 0 Å². The van der Waals surface area contributed by atoms with E-state index in [1.54, 1.807) is 19.1 Å². The quantitative estimate of drug-likeness (QED) is 0.802. The van der Waals surface area contributed by atoms with Crippen molar-refractivity contribution in [2.45, 2.75) is 13.8 Å². The van der Waals surface area contributed by atoms with Gasteiger partial charge in [0.25, 0.3) is 5.91 Å². The van der Waals surface area contributed by atoms with E-state index in [1.165, 1.54) is 0 Å². The van der Waals surface area contributed by atoms with E-state index in [1.807, 2.05) is 19.1 Å². The highest BCUT2D eigenvalue weighted by Gasteiger charge is 2.30. The van der Waals surface area contributed by atoms with Gasteiger partial charge in [-0.3, -0.25) is 9.59 Å². The molecule has 1 aliphatic rings. The molecule has 19 heavy (non-hydrogen) atoms. The number of ketones is 1. The van der Waals surface area contributed by atoms with Crippen LogP contribution in [0.4, 0.5) is 5.69 Å². The number of hydrogen-bond donors (Lipinski definition) is 2. The average Bonchev–Trinajstić information content (AvgIpc) is 2.74. The summed E-state index contributed by atoms with van der Waals surface area (Å²) in [6.45, 7) is 4.27. The average molecular weight is 260 g/mol. The fourth-order valence-corrected chi connectivity index (χ4v) is 1.79. The first kappa shape index (κ1) is 13.1. The summed E-state index contributed by atoms with van der Waals surface area (Å²) < 4.78 is 5.25. The molecule has 1 aliphatic heterocycles. The second kappa shape index (κ2) is 5.56. The number of amides is 1. The van der Waals surface area contributed by atoms with Gasteiger partial charge in [-0.05, 0) is 26.0 Å². The number of hydrogen-bond acceptors (Lipinski definition) is 4. The van der Waals surface area contributed by atoms with Crippen LogP contribution in [0, 0.1) is 6.92 Å². The van der Waals surface area contributed by atoms with Crippen LogP contribution in [0.2, 0.25) is 0 Å². The minimum absolute atomic E-state index is 0.0578. The Labute approximate surface area is 111 Å². The van der Waals surface area contributed by atoms with Gasteiger partial charge in [-0.2, -0.15) is 0 Å². The number of nitrogens with one attached hydrogen (secondary N) is 2. The molecule has 1 heterocycles. The molecule has 1 aromatic carbocycles. The molecule has 100 valence electrons. The molecule has 0 radical (unpaired) electrons. The lowest BCUT2D eigenvalue weighted by molar-refractivity contribution is -0.119. The van der Waals surface area contributed by atoms with Crippen molar-refractivity contribution in [1.82, 2.24) is 5.32 Å². The van der Waals surface area contributed by atoms with E-state index in [2.05, 4.69) is 10.6 Å². The van der Waals surface area contributed by atoms with Crippen LogP contribution >= 0.6 is 0 Å². The minimum Gasteiger partial charge on any atom is -0.479 e. The van der Waals surface area contributed by atoms with Gasteiger partial charge in [0, 0.05) is 5.69 Å². The van der Waals surface area contributed by atoms with E-state index < -0.39 is 5.91 Å². The lowest BCUT2D eigenvalue weighted by Crippen LogP contribution is -2.20. The molecule has 0 aliphatic carbocycles. The SMILES string of the molecule is CCOC1=C(C(=O)Nc2ccc(C)cc2)C(=O)CN1. The molecule has 1 aromatic rings. The Balaban J connectivity index is 2.16. The zero-order valence-electron chi connectivity index (χ0n) is 10.9. The predicted octanol–water partition coefficient (Wildman–Crippen LogP) is 1.35. The first-order valence-electron chi connectivity index (χ1n) is 6.14. The summed E-state index contributed by atoms with van der Waals surface area (Å²) >= 11 is 0. The lowest BCUT2D eigenvalue weighted by atomic mass is 10.2.